The summed E-state index contributed by atoms with van der Waals surface area (Å²) in [6, 6.07) is 0. The molecule has 0 spiro atoms. The molecule has 0 radical (unpaired) electrons. The second kappa shape index (κ2) is 5.37. The van der Waals surface area contributed by atoms with Crippen LogP contribution in [0.5, 0.6) is 0 Å². The number of rotatable bonds is 2. The molecule has 0 saturated carbocycles. The van der Waals surface area contributed by atoms with E-state index >= 15 is 0 Å². The van der Waals surface area contributed by atoms with Crippen LogP contribution >= 0.6 is 15.9 Å². The minimum atomic E-state index is 0.668. The fraction of sp³-hybridized carbons (Fsp3) is 0.200. The monoisotopic (exact) mass is 277 g/mol. The molecule has 80 valence electrons. The highest BCUT2D eigenvalue weighted by Gasteiger charge is 1.90. The number of aromatic nitrogens is 5. The third-order valence-corrected chi connectivity index (χ3v) is 2.18. The van der Waals surface area contributed by atoms with Gasteiger partial charge in [0.05, 0.1) is 25.1 Å². The summed E-state index contributed by atoms with van der Waals surface area (Å²) in [6.45, 7) is 0.733. The fourth-order valence-corrected chi connectivity index (χ4v) is 1.26. The predicted octanol–water partition coefficient (Wildman–Crippen LogP) is 1.27. The highest BCUT2D eigenvalue weighted by molar-refractivity contribution is 9.10. The van der Waals surface area contributed by atoms with Crippen molar-refractivity contribution in [2.45, 2.75) is 13.0 Å². The van der Waals surface area contributed by atoms with E-state index in [0.29, 0.717) is 16.7 Å². The van der Waals surface area contributed by atoms with Gasteiger partial charge in [-0.2, -0.15) is 0 Å². The number of hydrogen-bond acceptors (Lipinski definition) is 4. The molecule has 0 aromatic carbocycles. The third-order valence-electron chi connectivity index (χ3n) is 1.77. The maximum absolute atomic E-state index is 4.10. The lowest BCUT2D eigenvalue weighted by Gasteiger charge is -1.92. The number of hydrogen-bond donors (Lipinski definition) is 0. The van der Waals surface area contributed by atoms with Crippen molar-refractivity contribution >= 4 is 15.9 Å². The Bertz CT molecular complexity index is 494. The van der Waals surface area contributed by atoms with Gasteiger partial charge in [-0.05, 0) is 21.9 Å². The average Bonchev–Trinajstić information content (AvgIpc) is 2.80. The summed E-state index contributed by atoms with van der Waals surface area (Å²) in [5.41, 5.74) is 0.668. The van der Waals surface area contributed by atoms with Gasteiger partial charge in [0.15, 0.2) is 0 Å². The Morgan fingerprint density at radius 1 is 1.31 bits per heavy atom. The molecule has 0 bridgehead atoms. The van der Waals surface area contributed by atoms with Gasteiger partial charge in [0.2, 0.25) is 0 Å². The minimum Gasteiger partial charge on any atom is -0.252 e. The second-order valence-electron chi connectivity index (χ2n) is 2.94. The van der Waals surface area contributed by atoms with E-state index in [-0.39, 0.29) is 0 Å². The molecule has 2 aromatic rings. The van der Waals surface area contributed by atoms with Gasteiger partial charge >= 0.3 is 0 Å². The van der Waals surface area contributed by atoms with Crippen LogP contribution in [0.2, 0.25) is 0 Å². The van der Waals surface area contributed by atoms with Gasteiger partial charge < -0.3 is 0 Å². The van der Waals surface area contributed by atoms with Crippen LogP contribution in [0.1, 0.15) is 12.1 Å². The van der Waals surface area contributed by atoms with Gasteiger partial charge in [0, 0.05) is 12.6 Å². The Balaban J connectivity index is 1.88. The molecule has 6 heteroatoms. The summed E-state index contributed by atoms with van der Waals surface area (Å²) in [5.74, 6) is 5.93. The van der Waals surface area contributed by atoms with Crippen molar-refractivity contribution in [2.24, 2.45) is 0 Å². The van der Waals surface area contributed by atoms with Crippen molar-refractivity contribution in [1.82, 2.24) is 25.0 Å². The zero-order valence-corrected chi connectivity index (χ0v) is 9.92. The van der Waals surface area contributed by atoms with E-state index in [9.17, 15) is 0 Å². The second-order valence-corrected chi connectivity index (χ2v) is 3.75. The lowest BCUT2D eigenvalue weighted by atomic mass is 10.4. The summed E-state index contributed by atoms with van der Waals surface area (Å²) >= 11 is 3.21. The summed E-state index contributed by atoms with van der Waals surface area (Å²) in [5, 5.41) is 7.54. The van der Waals surface area contributed by atoms with E-state index in [1.807, 2.05) is 0 Å². The van der Waals surface area contributed by atoms with Crippen LogP contribution < -0.4 is 0 Å². The van der Waals surface area contributed by atoms with Crippen molar-refractivity contribution in [1.29, 1.82) is 0 Å². The zero-order valence-electron chi connectivity index (χ0n) is 8.34. The average molecular weight is 278 g/mol. The van der Waals surface area contributed by atoms with Gasteiger partial charge in [-0.3, -0.25) is 4.68 Å². The molecule has 0 aliphatic rings. The van der Waals surface area contributed by atoms with Crippen LogP contribution in [0, 0.1) is 11.8 Å². The predicted molar refractivity (Wildman–Crippen MR) is 61.2 cm³/mol. The maximum atomic E-state index is 4.10. The largest absolute Gasteiger partial charge is 0.252 e. The standard InChI is InChI=1S/C10H8BrN5/c11-10-8-12-9(7-13-10)3-1-2-5-16-6-4-14-15-16/h4,6-8H,2,5H2. The van der Waals surface area contributed by atoms with Gasteiger partial charge in [0.1, 0.15) is 10.3 Å². The molecule has 2 heterocycles. The van der Waals surface area contributed by atoms with Gasteiger partial charge in [-0.1, -0.05) is 11.1 Å². The first kappa shape index (κ1) is 10.8. The molecule has 0 atom stereocenters. The van der Waals surface area contributed by atoms with E-state index in [1.54, 1.807) is 29.5 Å². The molecular weight excluding hydrogens is 270 g/mol. The lowest BCUT2D eigenvalue weighted by molar-refractivity contribution is 0.602. The van der Waals surface area contributed by atoms with Crippen LogP contribution in [-0.2, 0) is 6.54 Å². The Morgan fingerprint density at radius 2 is 2.25 bits per heavy atom. The maximum Gasteiger partial charge on any atom is 0.131 e. The third kappa shape index (κ3) is 3.14. The van der Waals surface area contributed by atoms with E-state index in [4.69, 9.17) is 0 Å². The summed E-state index contributed by atoms with van der Waals surface area (Å²) in [6.07, 6.45) is 7.42. The first-order chi connectivity index (χ1) is 7.84. The van der Waals surface area contributed by atoms with Crippen molar-refractivity contribution in [3.63, 3.8) is 0 Å². The molecule has 16 heavy (non-hydrogen) atoms. The van der Waals surface area contributed by atoms with Gasteiger partial charge in [-0.15, -0.1) is 5.10 Å². The van der Waals surface area contributed by atoms with Crippen LogP contribution in [0.25, 0.3) is 0 Å². The van der Waals surface area contributed by atoms with Gasteiger partial charge in [0.25, 0.3) is 0 Å². The fourth-order valence-electron chi connectivity index (χ4n) is 1.05. The Labute approximate surface area is 101 Å². The van der Waals surface area contributed by atoms with Crippen LogP contribution in [0.3, 0.4) is 0 Å². The quantitative estimate of drug-likeness (QED) is 0.776. The minimum absolute atomic E-state index is 0.668. The zero-order chi connectivity index (χ0) is 11.2. The SMILES string of the molecule is Brc1cnc(C#CCCn2ccnn2)cn1. The van der Waals surface area contributed by atoms with Gasteiger partial charge in [-0.25, -0.2) is 9.97 Å². The highest BCUT2D eigenvalue weighted by atomic mass is 79.9. The van der Waals surface area contributed by atoms with E-state index in [0.717, 1.165) is 6.54 Å². The molecule has 0 aliphatic heterocycles. The molecule has 0 amide bonds. The van der Waals surface area contributed by atoms with E-state index in [1.165, 1.54) is 0 Å². The molecule has 5 nitrogen and oxygen atoms in total. The molecule has 0 fully saturated rings. The smallest absolute Gasteiger partial charge is 0.131 e. The molecule has 2 rings (SSSR count). The molecule has 0 N–H and O–H groups in total. The van der Waals surface area contributed by atoms with E-state index in [2.05, 4.69) is 48.1 Å². The van der Waals surface area contributed by atoms with Crippen molar-refractivity contribution in [3.05, 3.63) is 35.1 Å². The first-order valence-corrected chi connectivity index (χ1v) is 5.44. The topological polar surface area (TPSA) is 56.5 Å². The van der Waals surface area contributed by atoms with Crippen molar-refractivity contribution in [3.8, 4) is 11.8 Å². The summed E-state index contributed by atoms with van der Waals surface area (Å²) in [4.78, 5) is 8.13. The molecular formula is C10H8BrN5. The van der Waals surface area contributed by atoms with Crippen LogP contribution in [0.15, 0.2) is 29.4 Å². The van der Waals surface area contributed by atoms with E-state index < -0.39 is 0 Å². The summed E-state index contributed by atoms with van der Waals surface area (Å²) < 4.78 is 2.45. The number of halogens is 1. The Kier molecular flexibility index (Phi) is 3.62. The lowest BCUT2D eigenvalue weighted by Crippen LogP contribution is -1.97. The Hall–Kier alpha value is -1.74. The van der Waals surface area contributed by atoms with Crippen molar-refractivity contribution < 1.29 is 0 Å². The molecule has 0 unspecified atom stereocenters. The summed E-state index contributed by atoms with van der Waals surface area (Å²) in [7, 11) is 0. The van der Waals surface area contributed by atoms with Crippen LogP contribution in [-0.4, -0.2) is 25.0 Å². The first-order valence-electron chi connectivity index (χ1n) is 4.65. The highest BCUT2D eigenvalue weighted by Crippen LogP contribution is 2.01. The molecule has 0 saturated heterocycles. The molecule has 2 aromatic heterocycles. The van der Waals surface area contributed by atoms with Crippen molar-refractivity contribution in [2.75, 3.05) is 0 Å². The number of nitrogens with zero attached hydrogens (tertiary/aromatic N) is 5. The molecule has 0 aliphatic carbocycles. The Morgan fingerprint density at radius 3 is 2.94 bits per heavy atom. The van der Waals surface area contributed by atoms with Crippen LogP contribution in [0.4, 0.5) is 0 Å². The normalized spacial score (nSPS) is 9.56. The number of aryl methyl sites for hydroxylation is 1.